The molecule has 0 aliphatic heterocycles. The number of aromatic nitrogens is 1. The minimum atomic E-state index is -4.32. The predicted octanol–water partition coefficient (Wildman–Crippen LogP) is 4.93. The Balaban J connectivity index is 1.93. The van der Waals surface area contributed by atoms with Gasteiger partial charge in [0.05, 0.1) is 11.1 Å². The van der Waals surface area contributed by atoms with Gasteiger partial charge in [0.2, 0.25) is 0 Å². The second kappa shape index (κ2) is 5.16. The zero-order valence-corrected chi connectivity index (χ0v) is 11.8. The van der Waals surface area contributed by atoms with Gasteiger partial charge in [0.15, 0.2) is 0 Å². The summed E-state index contributed by atoms with van der Waals surface area (Å²) >= 11 is 0. The summed E-state index contributed by atoms with van der Waals surface area (Å²) in [5.74, 6) is -0.310. The van der Waals surface area contributed by atoms with Gasteiger partial charge < -0.3 is 4.57 Å². The first-order valence-electron chi connectivity index (χ1n) is 6.74. The maximum Gasteiger partial charge on any atom is 0.416 e. The van der Waals surface area contributed by atoms with Crippen LogP contribution >= 0.6 is 0 Å². The molecule has 22 heavy (non-hydrogen) atoms. The van der Waals surface area contributed by atoms with Crippen molar-refractivity contribution in [3.63, 3.8) is 0 Å². The van der Waals surface area contributed by atoms with Crippen LogP contribution in [0.2, 0.25) is 0 Å². The van der Waals surface area contributed by atoms with Crippen molar-refractivity contribution in [2.75, 3.05) is 0 Å². The molecule has 0 amide bonds. The molecular weight excluding hydrogens is 294 g/mol. The third-order valence-electron chi connectivity index (χ3n) is 3.71. The summed E-state index contributed by atoms with van der Waals surface area (Å²) in [6.45, 7) is 0. The summed E-state index contributed by atoms with van der Waals surface area (Å²) in [6, 6.07) is 9.66. The maximum absolute atomic E-state index is 13.3. The fourth-order valence-electron chi connectivity index (χ4n) is 2.61. The third kappa shape index (κ3) is 2.71. The van der Waals surface area contributed by atoms with Gasteiger partial charge in [-0.3, -0.25) is 0 Å². The highest BCUT2D eigenvalue weighted by Crippen LogP contribution is 2.30. The lowest BCUT2D eigenvalue weighted by atomic mass is 10.0. The van der Waals surface area contributed by atoms with E-state index in [-0.39, 0.29) is 5.82 Å². The van der Waals surface area contributed by atoms with Crippen LogP contribution in [0.3, 0.4) is 0 Å². The SMILES string of the molecule is Cn1cc(Cc2ccc(C(F)(F)F)cc2)c2ccc(F)cc21. The van der Waals surface area contributed by atoms with Crippen molar-refractivity contribution in [3.05, 3.63) is 71.2 Å². The second-order valence-electron chi connectivity index (χ2n) is 5.30. The standard InChI is InChI=1S/C17H13F4N/c1-22-10-12(15-7-6-14(18)9-16(15)22)8-11-2-4-13(5-3-11)17(19,20)21/h2-7,9-10H,8H2,1H3. The van der Waals surface area contributed by atoms with E-state index in [0.29, 0.717) is 6.42 Å². The molecule has 0 fully saturated rings. The fraction of sp³-hybridized carbons (Fsp3) is 0.176. The largest absolute Gasteiger partial charge is 0.416 e. The molecule has 3 rings (SSSR count). The molecule has 0 aliphatic rings. The first-order valence-corrected chi connectivity index (χ1v) is 6.74. The average molecular weight is 307 g/mol. The number of benzene rings is 2. The van der Waals surface area contributed by atoms with E-state index in [2.05, 4.69) is 0 Å². The summed E-state index contributed by atoms with van der Waals surface area (Å²) in [5, 5.41) is 0.906. The van der Waals surface area contributed by atoms with Gasteiger partial charge in [-0.1, -0.05) is 12.1 Å². The minimum Gasteiger partial charge on any atom is -0.350 e. The molecule has 0 radical (unpaired) electrons. The van der Waals surface area contributed by atoms with Crippen LogP contribution in [0, 0.1) is 5.82 Å². The van der Waals surface area contributed by atoms with E-state index >= 15 is 0 Å². The molecule has 0 bridgehead atoms. The van der Waals surface area contributed by atoms with Crippen molar-refractivity contribution in [3.8, 4) is 0 Å². The summed E-state index contributed by atoms with van der Waals surface area (Å²) in [4.78, 5) is 0. The second-order valence-corrected chi connectivity index (χ2v) is 5.30. The molecule has 0 saturated heterocycles. The normalized spacial score (nSPS) is 12.0. The summed E-state index contributed by atoms with van der Waals surface area (Å²) in [7, 11) is 1.82. The smallest absolute Gasteiger partial charge is 0.350 e. The van der Waals surface area contributed by atoms with Gasteiger partial charge >= 0.3 is 6.18 Å². The maximum atomic E-state index is 13.3. The van der Waals surface area contributed by atoms with Crippen molar-refractivity contribution >= 4 is 10.9 Å². The molecule has 5 heteroatoms. The van der Waals surface area contributed by atoms with Gasteiger partial charge in [0, 0.05) is 18.6 Å². The molecule has 1 nitrogen and oxygen atoms in total. The Hall–Kier alpha value is -2.30. The van der Waals surface area contributed by atoms with Gasteiger partial charge in [-0.05, 0) is 47.9 Å². The number of hydrogen-bond acceptors (Lipinski definition) is 0. The molecule has 114 valence electrons. The number of alkyl halides is 3. The topological polar surface area (TPSA) is 4.93 Å². The van der Waals surface area contributed by atoms with E-state index < -0.39 is 11.7 Å². The number of nitrogens with zero attached hydrogens (tertiary/aromatic N) is 1. The van der Waals surface area contributed by atoms with Gasteiger partial charge in [0.25, 0.3) is 0 Å². The third-order valence-corrected chi connectivity index (χ3v) is 3.71. The Morgan fingerprint density at radius 1 is 1.00 bits per heavy atom. The van der Waals surface area contributed by atoms with Crippen LogP contribution in [-0.2, 0) is 19.6 Å². The van der Waals surface area contributed by atoms with Crippen LogP contribution in [0.25, 0.3) is 10.9 Å². The minimum absolute atomic E-state index is 0.310. The lowest BCUT2D eigenvalue weighted by Gasteiger charge is -2.07. The quantitative estimate of drug-likeness (QED) is 0.592. The van der Waals surface area contributed by atoms with Crippen LogP contribution in [0.15, 0.2) is 48.7 Å². The number of rotatable bonds is 2. The van der Waals surface area contributed by atoms with Crippen LogP contribution in [0.5, 0.6) is 0 Å². The van der Waals surface area contributed by atoms with Crippen molar-refractivity contribution in [2.45, 2.75) is 12.6 Å². The molecular formula is C17H13F4N. The molecule has 0 spiro atoms. The Morgan fingerprint density at radius 2 is 1.68 bits per heavy atom. The number of aryl methyl sites for hydroxylation is 1. The summed E-state index contributed by atoms with van der Waals surface area (Å²) in [5.41, 5.74) is 1.85. The molecule has 0 saturated carbocycles. The first kappa shape index (κ1) is 14.6. The van der Waals surface area contributed by atoms with E-state index in [1.807, 2.05) is 17.8 Å². The van der Waals surface area contributed by atoms with Crippen molar-refractivity contribution in [2.24, 2.45) is 7.05 Å². The molecule has 1 heterocycles. The van der Waals surface area contributed by atoms with E-state index in [1.165, 1.54) is 24.3 Å². The Morgan fingerprint density at radius 3 is 2.32 bits per heavy atom. The van der Waals surface area contributed by atoms with E-state index in [9.17, 15) is 17.6 Å². The number of halogens is 4. The average Bonchev–Trinajstić information content (AvgIpc) is 2.74. The van der Waals surface area contributed by atoms with Gasteiger partial charge in [0.1, 0.15) is 5.82 Å². The lowest BCUT2D eigenvalue weighted by molar-refractivity contribution is -0.137. The van der Waals surface area contributed by atoms with Crippen molar-refractivity contribution < 1.29 is 17.6 Å². The highest BCUT2D eigenvalue weighted by atomic mass is 19.4. The predicted molar refractivity (Wildman–Crippen MR) is 77.1 cm³/mol. The first-order chi connectivity index (χ1) is 10.3. The Kier molecular flexibility index (Phi) is 3.43. The molecule has 1 aromatic heterocycles. The summed E-state index contributed by atoms with van der Waals surface area (Å²) in [6.07, 6.45) is -1.95. The Bertz CT molecular complexity index is 813. The van der Waals surface area contributed by atoms with E-state index in [0.717, 1.165) is 34.2 Å². The van der Waals surface area contributed by atoms with Gasteiger partial charge in [-0.15, -0.1) is 0 Å². The zero-order valence-electron chi connectivity index (χ0n) is 11.8. The monoisotopic (exact) mass is 307 g/mol. The molecule has 0 unspecified atom stereocenters. The number of hydrogen-bond donors (Lipinski definition) is 0. The highest BCUT2D eigenvalue weighted by Gasteiger charge is 2.29. The van der Waals surface area contributed by atoms with Gasteiger partial charge in [-0.2, -0.15) is 13.2 Å². The van der Waals surface area contributed by atoms with E-state index in [4.69, 9.17) is 0 Å². The zero-order chi connectivity index (χ0) is 15.9. The molecule has 3 aromatic rings. The Labute approximate surface area is 124 Å². The summed E-state index contributed by atoms with van der Waals surface area (Å²) < 4.78 is 52.8. The van der Waals surface area contributed by atoms with Crippen LogP contribution in [-0.4, -0.2) is 4.57 Å². The van der Waals surface area contributed by atoms with Crippen molar-refractivity contribution in [1.29, 1.82) is 0 Å². The van der Waals surface area contributed by atoms with Crippen LogP contribution in [0.1, 0.15) is 16.7 Å². The van der Waals surface area contributed by atoms with Crippen LogP contribution < -0.4 is 0 Å². The van der Waals surface area contributed by atoms with Crippen LogP contribution in [0.4, 0.5) is 17.6 Å². The molecule has 0 aliphatic carbocycles. The van der Waals surface area contributed by atoms with E-state index in [1.54, 1.807) is 6.07 Å². The van der Waals surface area contributed by atoms with Crippen molar-refractivity contribution in [1.82, 2.24) is 4.57 Å². The van der Waals surface area contributed by atoms with Gasteiger partial charge in [-0.25, -0.2) is 4.39 Å². The number of fused-ring (bicyclic) bond motifs is 1. The highest BCUT2D eigenvalue weighted by molar-refractivity contribution is 5.84. The molecule has 0 atom stereocenters. The lowest BCUT2D eigenvalue weighted by Crippen LogP contribution is -2.04. The molecule has 0 N–H and O–H groups in total. The molecule has 2 aromatic carbocycles. The fourth-order valence-corrected chi connectivity index (χ4v) is 2.61.